The molecule has 0 aliphatic heterocycles. The summed E-state index contributed by atoms with van der Waals surface area (Å²) in [5.41, 5.74) is -0.349. The number of carbonyl (C=O) groups is 2. The van der Waals surface area contributed by atoms with E-state index >= 15 is 0 Å². The fourth-order valence-electron chi connectivity index (χ4n) is 2.67. The maximum absolute atomic E-state index is 11.3. The molecule has 0 N–H and O–H groups in total. The normalized spacial score (nSPS) is 16.2. The summed E-state index contributed by atoms with van der Waals surface area (Å²) < 4.78 is 10.4. The van der Waals surface area contributed by atoms with E-state index in [2.05, 4.69) is 13.2 Å². The third-order valence-corrected chi connectivity index (χ3v) is 4.01. The lowest BCUT2D eigenvalue weighted by Gasteiger charge is -2.38. The molecule has 4 nitrogen and oxygen atoms in total. The Morgan fingerprint density at radius 1 is 1.05 bits per heavy atom. The highest BCUT2D eigenvalue weighted by Gasteiger charge is 2.37. The Morgan fingerprint density at radius 3 is 1.90 bits per heavy atom. The van der Waals surface area contributed by atoms with Crippen molar-refractivity contribution in [3.63, 3.8) is 0 Å². The van der Waals surface area contributed by atoms with Gasteiger partial charge in [-0.1, -0.05) is 39.3 Å². The zero-order valence-corrected chi connectivity index (χ0v) is 12.2. The second kappa shape index (κ2) is 7.88. The predicted molar refractivity (Wildman–Crippen MR) is 77.0 cm³/mol. The van der Waals surface area contributed by atoms with Crippen LogP contribution in [-0.2, 0) is 19.1 Å². The molecule has 0 aromatic carbocycles. The van der Waals surface area contributed by atoms with Crippen molar-refractivity contribution in [3.05, 3.63) is 25.3 Å². The summed E-state index contributed by atoms with van der Waals surface area (Å²) in [5.74, 6) is -0.490. The van der Waals surface area contributed by atoms with Gasteiger partial charge < -0.3 is 9.47 Å². The Morgan fingerprint density at radius 2 is 1.50 bits per heavy atom. The number of carbonyl (C=O) groups excluding carboxylic acids is 2. The van der Waals surface area contributed by atoms with Crippen molar-refractivity contribution in [1.29, 1.82) is 0 Å². The molecular formula is C16H24O4. The second-order valence-electron chi connectivity index (χ2n) is 5.61. The van der Waals surface area contributed by atoms with Gasteiger partial charge in [-0.05, 0) is 18.8 Å². The van der Waals surface area contributed by atoms with Crippen LogP contribution >= 0.6 is 0 Å². The van der Waals surface area contributed by atoms with Gasteiger partial charge in [0.05, 0.1) is 0 Å². The van der Waals surface area contributed by atoms with Crippen molar-refractivity contribution in [2.24, 2.45) is 11.3 Å². The zero-order valence-electron chi connectivity index (χ0n) is 12.2. The molecule has 20 heavy (non-hydrogen) atoms. The standard InChI is InChI=1S/C16H24O4/c1-4-14(17)19-11-16(3,12-20-15(18)5-2)13-9-7-6-8-10-13/h4-5,13H,1-2,6-12H2,3H3. The Bertz CT molecular complexity index is 343. The SMILES string of the molecule is C=CC(=O)OCC(C)(COC(=O)C=C)C1CCCCC1. The Kier molecular flexibility index (Phi) is 6.49. The van der Waals surface area contributed by atoms with Crippen LogP contribution in [0.2, 0.25) is 0 Å². The van der Waals surface area contributed by atoms with Crippen LogP contribution in [-0.4, -0.2) is 25.2 Å². The first-order valence-corrected chi connectivity index (χ1v) is 7.10. The molecule has 0 aromatic rings. The van der Waals surface area contributed by atoms with Gasteiger partial charge in [0, 0.05) is 17.6 Å². The monoisotopic (exact) mass is 280 g/mol. The molecule has 0 bridgehead atoms. The summed E-state index contributed by atoms with van der Waals surface area (Å²) in [7, 11) is 0. The van der Waals surface area contributed by atoms with Gasteiger partial charge in [0.2, 0.25) is 0 Å². The van der Waals surface area contributed by atoms with Gasteiger partial charge in [-0.15, -0.1) is 0 Å². The predicted octanol–water partition coefficient (Wildman–Crippen LogP) is 3.03. The molecule has 1 aliphatic rings. The average Bonchev–Trinajstić information content (AvgIpc) is 2.51. The molecule has 1 saturated carbocycles. The van der Waals surface area contributed by atoms with Gasteiger partial charge in [-0.3, -0.25) is 0 Å². The number of ether oxygens (including phenoxy) is 2. The van der Waals surface area contributed by atoms with E-state index in [0.717, 1.165) is 25.0 Å². The number of esters is 2. The number of rotatable bonds is 7. The molecule has 0 heterocycles. The summed E-state index contributed by atoms with van der Waals surface area (Å²) in [6.07, 6.45) is 8.04. The molecule has 0 saturated heterocycles. The summed E-state index contributed by atoms with van der Waals surface area (Å²) in [5, 5.41) is 0. The molecule has 1 aliphatic carbocycles. The molecule has 0 radical (unpaired) electrons. The van der Waals surface area contributed by atoms with Gasteiger partial charge >= 0.3 is 11.9 Å². The highest BCUT2D eigenvalue weighted by Crippen LogP contribution is 2.39. The van der Waals surface area contributed by atoms with E-state index in [-0.39, 0.29) is 18.6 Å². The van der Waals surface area contributed by atoms with E-state index in [1.165, 1.54) is 19.3 Å². The number of hydrogen-bond donors (Lipinski definition) is 0. The minimum Gasteiger partial charge on any atom is -0.462 e. The van der Waals surface area contributed by atoms with Crippen LogP contribution in [0.1, 0.15) is 39.0 Å². The molecule has 4 heteroatoms. The molecule has 0 aromatic heterocycles. The van der Waals surface area contributed by atoms with Gasteiger partial charge in [-0.25, -0.2) is 9.59 Å². The molecule has 0 atom stereocenters. The maximum Gasteiger partial charge on any atom is 0.330 e. The lowest BCUT2D eigenvalue weighted by atomic mass is 9.70. The van der Waals surface area contributed by atoms with E-state index in [4.69, 9.17) is 9.47 Å². The van der Waals surface area contributed by atoms with E-state index in [0.29, 0.717) is 5.92 Å². The average molecular weight is 280 g/mol. The second-order valence-corrected chi connectivity index (χ2v) is 5.61. The van der Waals surface area contributed by atoms with Crippen molar-refractivity contribution >= 4 is 11.9 Å². The number of hydrogen-bond acceptors (Lipinski definition) is 4. The Labute approximate surface area is 120 Å². The summed E-state index contributed by atoms with van der Waals surface area (Å²) in [6.45, 7) is 9.27. The van der Waals surface area contributed by atoms with Crippen LogP contribution < -0.4 is 0 Å². The van der Waals surface area contributed by atoms with Crippen molar-refractivity contribution < 1.29 is 19.1 Å². The molecular weight excluding hydrogens is 256 g/mol. The van der Waals surface area contributed by atoms with E-state index < -0.39 is 11.9 Å². The largest absolute Gasteiger partial charge is 0.462 e. The highest BCUT2D eigenvalue weighted by molar-refractivity contribution is 5.81. The zero-order chi connectivity index (χ0) is 15.0. The van der Waals surface area contributed by atoms with Crippen LogP contribution in [0.3, 0.4) is 0 Å². The van der Waals surface area contributed by atoms with Crippen molar-refractivity contribution in [1.82, 2.24) is 0 Å². The third-order valence-electron chi connectivity index (χ3n) is 4.01. The fourth-order valence-corrected chi connectivity index (χ4v) is 2.67. The third kappa shape index (κ3) is 4.83. The first-order chi connectivity index (χ1) is 9.51. The van der Waals surface area contributed by atoms with Crippen LogP contribution in [0.5, 0.6) is 0 Å². The molecule has 0 spiro atoms. The molecule has 0 unspecified atom stereocenters. The van der Waals surface area contributed by atoms with E-state index in [1.54, 1.807) is 0 Å². The molecule has 112 valence electrons. The first-order valence-electron chi connectivity index (χ1n) is 7.10. The topological polar surface area (TPSA) is 52.6 Å². The summed E-state index contributed by atoms with van der Waals surface area (Å²) >= 11 is 0. The fraction of sp³-hybridized carbons (Fsp3) is 0.625. The van der Waals surface area contributed by atoms with Crippen LogP contribution in [0.4, 0.5) is 0 Å². The van der Waals surface area contributed by atoms with Crippen LogP contribution in [0, 0.1) is 11.3 Å². The Hall–Kier alpha value is -1.58. The van der Waals surface area contributed by atoms with Crippen LogP contribution in [0.25, 0.3) is 0 Å². The minimum absolute atomic E-state index is 0.243. The van der Waals surface area contributed by atoms with Crippen LogP contribution in [0.15, 0.2) is 25.3 Å². The molecule has 1 fully saturated rings. The minimum atomic E-state index is -0.443. The van der Waals surface area contributed by atoms with Gasteiger partial charge in [-0.2, -0.15) is 0 Å². The van der Waals surface area contributed by atoms with E-state index in [1.807, 2.05) is 6.92 Å². The van der Waals surface area contributed by atoms with Gasteiger partial charge in [0.1, 0.15) is 13.2 Å². The molecule has 1 rings (SSSR count). The van der Waals surface area contributed by atoms with Gasteiger partial charge in [0.15, 0.2) is 0 Å². The lowest BCUT2D eigenvalue weighted by Crippen LogP contribution is -2.39. The van der Waals surface area contributed by atoms with Crippen molar-refractivity contribution in [2.75, 3.05) is 13.2 Å². The lowest BCUT2D eigenvalue weighted by molar-refractivity contribution is -0.150. The maximum atomic E-state index is 11.3. The van der Waals surface area contributed by atoms with E-state index in [9.17, 15) is 9.59 Å². The first kappa shape index (κ1) is 16.5. The smallest absolute Gasteiger partial charge is 0.330 e. The summed E-state index contributed by atoms with van der Waals surface area (Å²) in [6, 6.07) is 0. The quantitative estimate of drug-likeness (QED) is 0.531. The Balaban J connectivity index is 2.68. The van der Waals surface area contributed by atoms with Crippen molar-refractivity contribution in [2.45, 2.75) is 39.0 Å². The summed E-state index contributed by atoms with van der Waals surface area (Å²) in [4.78, 5) is 22.5. The highest BCUT2D eigenvalue weighted by atomic mass is 16.5. The van der Waals surface area contributed by atoms with Crippen molar-refractivity contribution in [3.8, 4) is 0 Å². The molecule has 0 amide bonds. The van der Waals surface area contributed by atoms with Gasteiger partial charge in [0.25, 0.3) is 0 Å².